The van der Waals surface area contributed by atoms with Crippen molar-refractivity contribution in [2.45, 2.75) is 24.9 Å². The predicted molar refractivity (Wildman–Crippen MR) is 76.9 cm³/mol. The fraction of sp³-hybridized carbons (Fsp3) is 0.636. The highest BCUT2D eigenvalue weighted by molar-refractivity contribution is 7.46. The first kappa shape index (κ1) is 20.6. The summed E-state index contributed by atoms with van der Waals surface area (Å²) in [5.41, 5.74) is -3.97. The molecule has 0 aliphatic rings. The summed E-state index contributed by atoms with van der Waals surface area (Å²) in [6.07, 6.45) is -2.21. The lowest BCUT2D eigenvalue weighted by molar-refractivity contribution is -0.207. The van der Waals surface area contributed by atoms with Gasteiger partial charge in [-0.05, 0) is 6.92 Å². The second kappa shape index (κ2) is 8.12. The van der Waals surface area contributed by atoms with Crippen LogP contribution in [0.1, 0.15) is 13.2 Å². The van der Waals surface area contributed by atoms with Crippen molar-refractivity contribution in [1.82, 2.24) is 9.55 Å². The van der Waals surface area contributed by atoms with Crippen LogP contribution < -0.4 is 11.2 Å². The quantitative estimate of drug-likeness (QED) is 0.315. The largest absolute Gasteiger partial charge is 0.469 e. The summed E-state index contributed by atoms with van der Waals surface area (Å²) in [6, 6.07) is 0.944. The molecule has 0 radical (unpaired) electrons. The van der Waals surface area contributed by atoms with E-state index in [4.69, 9.17) is 14.5 Å². The average molecular weight is 372 g/mol. The van der Waals surface area contributed by atoms with Gasteiger partial charge in [0.15, 0.2) is 6.23 Å². The third-order valence-corrected chi connectivity index (χ3v) is 3.62. The number of alkyl halides is 1. The number of hydrogen-bond acceptors (Lipinski definition) is 7. The molecule has 0 unspecified atom stereocenters. The molecule has 0 bridgehead atoms. The summed E-state index contributed by atoms with van der Waals surface area (Å²) >= 11 is 0. The summed E-state index contributed by atoms with van der Waals surface area (Å²) < 4.78 is 34.4. The first-order valence-corrected chi connectivity index (χ1v) is 8.12. The third-order valence-electron chi connectivity index (χ3n) is 3.15. The lowest BCUT2D eigenvalue weighted by Gasteiger charge is -2.36. The van der Waals surface area contributed by atoms with Crippen molar-refractivity contribution in [2.24, 2.45) is 0 Å². The van der Waals surface area contributed by atoms with Gasteiger partial charge in [-0.3, -0.25) is 18.9 Å². The molecule has 3 atom stereocenters. The zero-order chi connectivity index (χ0) is 18.5. The average Bonchev–Trinajstić information content (AvgIpc) is 2.47. The molecule has 0 saturated heterocycles. The van der Waals surface area contributed by atoms with E-state index in [1.807, 2.05) is 4.98 Å². The Hall–Kier alpha value is -1.40. The molecule has 24 heavy (non-hydrogen) atoms. The van der Waals surface area contributed by atoms with Gasteiger partial charge in [-0.15, -0.1) is 0 Å². The Balaban J connectivity index is 3.16. The molecular weight excluding hydrogens is 354 g/mol. The molecule has 0 aliphatic heterocycles. The van der Waals surface area contributed by atoms with Crippen molar-refractivity contribution >= 4 is 7.82 Å². The minimum absolute atomic E-state index is 0.714. The van der Waals surface area contributed by atoms with Crippen LogP contribution in [0.2, 0.25) is 0 Å². The molecule has 0 fully saturated rings. The van der Waals surface area contributed by atoms with E-state index in [1.54, 1.807) is 0 Å². The van der Waals surface area contributed by atoms with Crippen LogP contribution in [-0.4, -0.2) is 61.1 Å². The van der Waals surface area contributed by atoms with Crippen LogP contribution in [0.25, 0.3) is 0 Å². The van der Waals surface area contributed by atoms with Crippen LogP contribution in [-0.2, 0) is 13.8 Å². The van der Waals surface area contributed by atoms with Crippen molar-refractivity contribution in [3.8, 4) is 0 Å². The molecular formula is C11H18FN2O9P. The Morgan fingerprint density at radius 3 is 2.50 bits per heavy atom. The van der Waals surface area contributed by atoms with E-state index >= 15 is 0 Å². The molecule has 1 heterocycles. The molecule has 11 nitrogen and oxygen atoms in total. The van der Waals surface area contributed by atoms with E-state index < -0.39 is 56.9 Å². The highest BCUT2D eigenvalue weighted by atomic mass is 31.2. The molecule has 1 aromatic rings. The lowest BCUT2D eigenvalue weighted by atomic mass is 10.0. The van der Waals surface area contributed by atoms with Crippen molar-refractivity contribution in [1.29, 1.82) is 0 Å². The van der Waals surface area contributed by atoms with Crippen molar-refractivity contribution < 1.29 is 38.2 Å². The van der Waals surface area contributed by atoms with Crippen LogP contribution in [0.15, 0.2) is 21.9 Å². The maximum atomic E-state index is 13.5. The Bertz CT molecular complexity index is 699. The van der Waals surface area contributed by atoms with Crippen molar-refractivity contribution in [2.75, 3.05) is 19.9 Å². The van der Waals surface area contributed by atoms with E-state index in [9.17, 15) is 28.8 Å². The molecule has 1 aromatic heterocycles. The van der Waals surface area contributed by atoms with Gasteiger partial charge in [-0.25, -0.2) is 13.8 Å². The van der Waals surface area contributed by atoms with E-state index in [2.05, 4.69) is 4.52 Å². The number of phosphoric acid groups is 1. The Morgan fingerprint density at radius 1 is 1.46 bits per heavy atom. The number of aromatic amines is 1. The number of nitrogens with zero attached hydrogens (tertiary/aromatic N) is 1. The van der Waals surface area contributed by atoms with E-state index in [0.717, 1.165) is 19.2 Å². The molecule has 5 N–H and O–H groups in total. The van der Waals surface area contributed by atoms with Gasteiger partial charge in [-0.2, -0.15) is 0 Å². The fourth-order valence-electron chi connectivity index (χ4n) is 1.74. The van der Waals surface area contributed by atoms with Gasteiger partial charge in [0.05, 0.1) is 19.3 Å². The number of aliphatic hydroxyl groups excluding tert-OH is 2. The van der Waals surface area contributed by atoms with Gasteiger partial charge in [0.2, 0.25) is 0 Å². The number of phosphoric ester groups is 1. The maximum Gasteiger partial charge on any atom is 0.469 e. The first-order valence-electron chi connectivity index (χ1n) is 6.59. The van der Waals surface area contributed by atoms with E-state index in [0.29, 0.717) is 4.57 Å². The molecule has 0 aromatic carbocycles. The number of nitrogens with one attached hydrogen (secondary N) is 1. The second-order valence-corrected chi connectivity index (χ2v) is 6.15. The van der Waals surface area contributed by atoms with Gasteiger partial charge in [0.25, 0.3) is 5.56 Å². The van der Waals surface area contributed by atoms with Gasteiger partial charge in [0.1, 0.15) is 12.3 Å². The van der Waals surface area contributed by atoms with Gasteiger partial charge in [-0.1, -0.05) is 0 Å². The number of rotatable bonds is 9. The van der Waals surface area contributed by atoms with Gasteiger partial charge < -0.3 is 24.7 Å². The highest BCUT2D eigenvalue weighted by Crippen LogP contribution is 2.38. The highest BCUT2D eigenvalue weighted by Gasteiger charge is 2.42. The van der Waals surface area contributed by atoms with Crippen LogP contribution in [0, 0.1) is 0 Å². The molecule has 0 aliphatic carbocycles. The molecule has 1 rings (SSSR count). The standard InChI is InChI=1S/C11H18FN2O9P/c1-7(16)11(5-12,6-22-24(19,20)21)23-9(4-15)14-3-2-8(17)13-10(14)18/h2-3,7,9,15-16H,4-6H2,1H3,(H,13,17,18)(H2,19,20,21)/t7-,9+,11+/m0/s1. The summed E-state index contributed by atoms with van der Waals surface area (Å²) in [7, 11) is -4.99. The minimum Gasteiger partial charge on any atom is -0.392 e. The third kappa shape index (κ3) is 5.31. The smallest absolute Gasteiger partial charge is 0.392 e. The monoisotopic (exact) mass is 372 g/mol. The molecule has 0 amide bonds. The number of halogens is 1. The number of ether oxygens (including phenoxy) is 1. The zero-order valence-electron chi connectivity index (χ0n) is 12.5. The Labute approximate surface area is 134 Å². The lowest BCUT2D eigenvalue weighted by Crippen LogP contribution is -2.52. The Kier molecular flexibility index (Phi) is 6.98. The normalized spacial score (nSPS) is 17.2. The van der Waals surface area contributed by atoms with E-state index in [-0.39, 0.29) is 0 Å². The van der Waals surface area contributed by atoms with Crippen LogP contribution in [0.3, 0.4) is 0 Å². The predicted octanol–water partition coefficient (Wildman–Crippen LogP) is -1.76. The van der Waals surface area contributed by atoms with Crippen molar-refractivity contribution in [3.05, 3.63) is 33.1 Å². The number of H-pyrrole nitrogens is 1. The molecule has 0 spiro atoms. The molecule has 13 heteroatoms. The SMILES string of the molecule is C[C@H](O)[C@@](CF)(COP(=O)(O)O)O[C@H](CO)n1ccc(=O)[nH]c1=O. The number of aliphatic hydroxyl groups is 2. The Morgan fingerprint density at radius 2 is 2.08 bits per heavy atom. The van der Waals surface area contributed by atoms with Gasteiger partial charge in [0, 0.05) is 12.3 Å². The van der Waals surface area contributed by atoms with E-state index in [1.165, 1.54) is 0 Å². The summed E-state index contributed by atoms with van der Waals surface area (Å²) in [4.78, 5) is 42.1. The zero-order valence-corrected chi connectivity index (χ0v) is 13.4. The van der Waals surface area contributed by atoms with Crippen LogP contribution in [0.4, 0.5) is 4.39 Å². The van der Waals surface area contributed by atoms with Crippen LogP contribution in [0.5, 0.6) is 0 Å². The fourth-order valence-corrected chi connectivity index (χ4v) is 2.12. The summed E-state index contributed by atoms with van der Waals surface area (Å²) in [5, 5.41) is 19.1. The van der Waals surface area contributed by atoms with Crippen molar-refractivity contribution in [3.63, 3.8) is 0 Å². The summed E-state index contributed by atoms with van der Waals surface area (Å²) in [5.74, 6) is 0. The molecule has 138 valence electrons. The van der Waals surface area contributed by atoms with Gasteiger partial charge >= 0.3 is 13.5 Å². The first-order chi connectivity index (χ1) is 11.0. The molecule has 0 saturated carbocycles. The number of aromatic nitrogens is 2. The minimum atomic E-state index is -4.99. The second-order valence-electron chi connectivity index (χ2n) is 4.91. The number of hydrogen-bond donors (Lipinski definition) is 5. The van der Waals surface area contributed by atoms with Crippen LogP contribution >= 0.6 is 7.82 Å². The summed E-state index contributed by atoms with van der Waals surface area (Å²) in [6.45, 7) is -2.29. The topological polar surface area (TPSA) is 171 Å². The maximum absolute atomic E-state index is 13.5.